The molecule has 1 aromatic carbocycles. The Bertz CT molecular complexity index is 591. The van der Waals surface area contributed by atoms with E-state index in [-0.39, 0.29) is 17.0 Å². The molecule has 0 spiro atoms. The second kappa shape index (κ2) is 7.38. The summed E-state index contributed by atoms with van der Waals surface area (Å²) in [6, 6.07) is 4.94. The zero-order valence-electron chi connectivity index (χ0n) is 10.1. The molecule has 1 aromatic heterocycles. The first-order valence-corrected chi connectivity index (χ1v) is 5.23. The van der Waals surface area contributed by atoms with Crippen molar-refractivity contribution >= 4 is 17.8 Å². The number of nitrogens with zero attached hydrogens (tertiary/aromatic N) is 3. The van der Waals surface area contributed by atoms with Crippen LogP contribution in [-0.2, 0) is 0 Å². The fraction of sp³-hybridized carbons (Fsp3) is 0. The number of hydrazine groups is 1. The van der Waals surface area contributed by atoms with Crippen molar-refractivity contribution in [2.75, 3.05) is 5.43 Å². The number of nitrogens with one attached hydrogen (secondary N) is 1. The molecule has 4 N–H and O–H groups in total. The third-order valence-electron chi connectivity index (χ3n) is 2.08. The Morgan fingerprint density at radius 2 is 2.15 bits per heavy atom. The van der Waals surface area contributed by atoms with Crippen LogP contribution in [0.2, 0.25) is 0 Å². The van der Waals surface area contributed by atoms with Gasteiger partial charge in [0.25, 0.3) is 5.69 Å². The van der Waals surface area contributed by atoms with Gasteiger partial charge < -0.3 is 10.5 Å². The zero-order chi connectivity index (χ0) is 15.0. The summed E-state index contributed by atoms with van der Waals surface area (Å²) in [6.45, 7) is 0. The summed E-state index contributed by atoms with van der Waals surface area (Å²) >= 11 is 0. The third kappa shape index (κ3) is 4.31. The van der Waals surface area contributed by atoms with E-state index in [1.807, 2.05) is 0 Å². The van der Waals surface area contributed by atoms with Gasteiger partial charge in [-0.15, -0.1) is 0 Å². The highest BCUT2D eigenvalue weighted by Gasteiger charge is 2.08. The lowest BCUT2D eigenvalue weighted by Gasteiger charge is -1.95. The number of hydrogen-bond donors (Lipinski definition) is 3. The molecular weight excluding hydrogens is 266 g/mol. The first kappa shape index (κ1) is 15.0. The summed E-state index contributed by atoms with van der Waals surface area (Å²) in [7, 11) is 0. The lowest BCUT2D eigenvalue weighted by molar-refractivity contribution is -0.384. The Morgan fingerprint density at radius 1 is 1.40 bits per heavy atom. The van der Waals surface area contributed by atoms with E-state index < -0.39 is 4.92 Å². The number of anilines is 1. The number of benzene rings is 1. The summed E-state index contributed by atoms with van der Waals surface area (Å²) in [4.78, 5) is 27.2. The van der Waals surface area contributed by atoms with E-state index in [4.69, 9.17) is 10.9 Å². The van der Waals surface area contributed by atoms with Crippen molar-refractivity contribution < 1.29 is 14.8 Å². The van der Waals surface area contributed by atoms with Gasteiger partial charge in [-0.2, -0.15) is 0 Å². The molecule has 0 saturated heterocycles. The molecule has 0 fully saturated rings. The van der Waals surface area contributed by atoms with E-state index in [0.717, 1.165) is 18.2 Å². The number of phenols is 1. The monoisotopic (exact) mass is 277 g/mol. The molecule has 9 nitrogen and oxygen atoms in total. The number of aromatic nitrogens is 2. The van der Waals surface area contributed by atoms with Crippen LogP contribution in [0.4, 0.5) is 11.5 Å². The fourth-order valence-corrected chi connectivity index (χ4v) is 1.13. The number of carbonyl (C=O) groups is 1. The fourth-order valence-electron chi connectivity index (χ4n) is 1.13. The molecule has 9 heteroatoms. The van der Waals surface area contributed by atoms with Gasteiger partial charge in [-0.25, -0.2) is 15.8 Å². The summed E-state index contributed by atoms with van der Waals surface area (Å²) in [5.41, 5.74) is 2.08. The maximum atomic E-state index is 10.2. The van der Waals surface area contributed by atoms with Gasteiger partial charge in [0.1, 0.15) is 17.9 Å². The second-order valence-corrected chi connectivity index (χ2v) is 3.36. The van der Waals surface area contributed by atoms with Crippen molar-refractivity contribution in [3.63, 3.8) is 0 Å². The number of nitro benzene ring substituents is 1. The molecule has 0 aliphatic carbocycles. The standard InChI is InChI=1S/C7H5NO4.C4H6N4/c9-4-5-3-6(8(11)12)1-2-7(5)10;5-8-4-1-2-6-3-7-4/h1-4,10H;1-3H,5H2,(H,6,7,8). The molecule has 0 aliphatic heterocycles. The number of aldehydes is 1. The molecule has 0 unspecified atom stereocenters. The lowest BCUT2D eigenvalue weighted by atomic mass is 10.2. The summed E-state index contributed by atoms with van der Waals surface area (Å²) in [5.74, 6) is 5.38. The average Bonchev–Trinajstić information content (AvgIpc) is 2.49. The highest BCUT2D eigenvalue weighted by molar-refractivity contribution is 5.80. The molecule has 0 saturated carbocycles. The molecule has 0 radical (unpaired) electrons. The first-order valence-electron chi connectivity index (χ1n) is 5.23. The maximum Gasteiger partial charge on any atom is 0.270 e. The zero-order valence-corrected chi connectivity index (χ0v) is 10.1. The van der Waals surface area contributed by atoms with E-state index in [9.17, 15) is 14.9 Å². The van der Waals surface area contributed by atoms with Crippen molar-refractivity contribution in [2.45, 2.75) is 0 Å². The average molecular weight is 277 g/mol. The molecule has 0 aliphatic rings. The number of phenolic OH excluding ortho intramolecular Hbond substituents is 1. The van der Waals surface area contributed by atoms with E-state index in [0.29, 0.717) is 12.1 Å². The molecule has 2 aromatic rings. The molecule has 0 atom stereocenters. The quantitative estimate of drug-likeness (QED) is 0.324. The highest BCUT2D eigenvalue weighted by Crippen LogP contribution is 2.20. The van der Waals surface area contributed by atoms with Crippen molar-refractivity contribution in [1.29, 1.82) is 0 Å². The molecule has 1 heterocycles. The van der Waals surface area contributed by atoms with Gasteiger partial charge in [-0.1, -0.05) is 0 Å². The maximum absolute atomic E-state index is 10.2. The SMILES string of the molecule is NNc1ccncn1.O=Cc1cc([N+](=O)[O-])ccc1O. The Labute approximate surface area is 113 Å². The number of nitrogen functional groups attached to an aromatic ring is 1. The molecule has 2 rings (SSSR count). The van der Waals surface area contributed by atoms with E-state index in [1.54, 1.807) is 12.3 Å². The second-order valence-electron chi connectivity index (χ2n) is 3.36. The minimum atomic E-state index is -0.633. The van der Waals surface area contributed by atoms with Crippen LogP contribution in [-0.4, -0.2) is 26.3 Å². The molecular formula is C11H11N5O4. The van der Waals surface area contributed by atoms with Gasteiger partial charge in [-0.05, 0) is 6.07 Å². The van der Waals surface area contributed by atoms with Crippen LogP contribution in [0, 0.1) is 10.1 Å². The summed E-state index contributed by atoms with van der Waals surface area (Å²) in [6.07, 6.45) is 3.40. The van der Waals surface area contributed by atoms with Gasteiger partial charge in [0.2, 0.25) is 0 Å². The largest absolute Gasteiger partial charge is 0.507 e. The number of rotatable bonds is 3. The predicted octanol–water partition coefficient (Wildman–Crippen LogP) is 0.875. The van der Waals surface area contributed by atoms with Crippen molar-refractivity contribution in [1.82, 2.24) is 9.97 Å². The number of nitrogens with two attached hydrogens (primary N) is 1. The number of hydrogen-bond acceptors (Lipinski definition) is 8. The van der Waals surface area contributed by atoms with Crippen LogP contribution in [0.1, 0.15) is 10.4 Å². The van der Waals surface area contributed by atoms with Gasteiger partial charge in [0.05, 0.1) is 10.5 Å². The van der Waals surface area contributed by atoms with Crippen LogP contribution < -0.4 is 11.3 Å². The van der Waals surface area contributed by atoms with Gasteiger partial charge >= 0.3 is 0 Å². The first-order chi connectivity index (χ1) is 9.58. The minimum Gasteiger partial charge on any atom is -0.507 e. The number of nitro groups is 1. The minimum absolute atomic E-state index is 0.0794. The van der Waals surface area contributed by atoms with Crippen LogP contribution in [0.3, 0.4) is 0 Å². The number of aromatic hydroxyl groups is 1. The molecule has 0 amide bonds. The summed E-state index contributed by atoms with van der Waals surface area (Å²) in [5, 5.41) is 19.2. The number of carbonyl (C=O) groups excluding carboxylic acids is 1. The van der Waals surface area contributed by atoms with Crippen molar-refractivity contribution in [3.05, 3.63) is 52.5 Å². The van der Waals surface area contributed by atoms with Crippen molar-refractivity contribution in [2.24, 2.45) is 5.84 Å². The lowest BCUT2D eigenvalue weighted by Crippen LogP contribution is -2.07. The number of non-ortho nitro benzene ring substituents is 1. The van der Waals surface area contributed by atoms with Crippen LogP contribution in [0.25, 0.3) is 0 Å². The van der Waals surface area contributed by atoms with E-state index in [2.05, 4.69) is 15.4 Å². The Kier molecular flexibility index (Phi) is 5.53. The van der Waals surface area contributed by atoms with Crippen LogP contribution in [0.15, 0.2) is 36.8 Å². The van der Waals surface area contributed by atoms with E-state index in [1.165, 1.54) is 6.33 Å². The summed E-state index contributed by atoms with van der Waals surface area (Å²) < 4.78 is 0. The Morgan fingerprint density at radius 3 is 2.60 bits per heavy atom. The van der Waals surface area contributed by atoms with Crippen LogP contribution >= 0.6 is 0 Å². The topological polar surface area (TPSA) is 144 Å². The molecule has 20 heavy (non-hydrogen) atoms. The third-order valence-corrected chi connectivity index (χ3v) is 2.08. The van der Waals surface area contributed by atoms with Gasteiger partial charge in [-0.3, -0.25) is 14.9 Å². The van der Waals surface area contributed by atoms with Crippen molar-refractivity contribution in [3.8, 4) is 5.75 Å². The van der Waals surface area contributed by atoms with Gasteiger partial charge in [0, 0.05) is 24.4 Å². The van der Waals surface area contributed by atoms with Gasteiger partial charge in [0.15, 0.2) is 6.29 Å². The van der Waals surface area contributed by atoms with Crippen LogP contribution in [0.5, 0.6) is 5.75 Å². The normalized spacial score (nSPS) is 9.05. The van der Waals surface area contributed by atoms with E-state index >= 15 is 0 Å². The molecule has 104 valence electrons. The Balaban J connectivity index is 0.000000217. The Hall–Kier alpha value is -3.07. The highest BCUT2D eigenvalue weighted by atomic mass is 16.6. The smallest absolute Gasteiger partial charge is 0.270 e. The molecule has 0 bridgehead atoms. The predicted molar refractivity (Wildman–Crippen MR) is 70.0 cm³/mol.